The number of hydrogen-bond acceptors (Lipinski definition) is 4. The lowest BCUT2D eigenvalue weighted by molar-refractivity contribution is -0.125. The van der Waals surface area contributed by atoms with E-state index in [1.807, 2.05) is 12.1 Å². The number of amides is 3. The predicted molar refractivity (Wildman–Crippen MR) is 78.6 cm³/mol. The predicted octanol–water partition coefficient (Wildman–Crippen LogP) is 1.07. The van der Waals surface area contributed by atoms with Crippen LogP contribution in [0.3, 0.4) is 0 Å². The number of urea groups is 1. The highest BCUT2D eigenvalue weighted by Gasteiger charge is 2.54. The molecule has 3 amide bonds. The Morgan fingerprint density at radius 2 is 1.95 bits per heavy atom. The van der Waals surface area contributed by atoms with Crippen molar-refractivity contribution in [3.05, 3.63) is 41.1 Å². The summed E-state index contributed by atoms with van der Waals surface area (Å²) in [5.74, 6) is -0.248. The Kier molecular flexibility index (Phi) is 2.43. The minimum atomic E-state index is -0.829. The molecule has 6 nitrogen and oxygen atoms in total. The van der Waals surface area contributed by atoms with Crippen LogP contribution in [0.15, 0.2) is 24.4 Å². The molecule has 1 saturated heterocycles. The number of carbonyl (C=O) groups excluding carboxylic acids is 3. The lowest BCUT2D eigenvalue weighted by atomic mass is 9.95. The third-order valence-corrected chi connectivity index (χ3v) is 4.72. The molecule has 1 aliphatic heterocycles. The lowest BCUT2D eigenvalue weighted by Gasteiger charge is -2.27. The molecule has 0 radical (unpaired) electrons. The van der Waals surface area contributed by atoms with E-state index in [2.05, 4.69) is 10.3 Å². The fourth-order valence-corrected chi connectivity index (χ4v) is 3.41. The third-order valence-electron chi connectivity index (χ3n) is 4.72. The second-order valence-electron chi connectivity index (χ2n) is 5.90. The fraction of sp³-hybridized carbons (Fsp3) is 0.250. The van der Waals surface area contributed by atoms with Crippen LogP contribution in [0, 0.1) is 0 Å². The molecule has 0 saturated carbocycles. The van der Waals surface area contributed by atoms with Gasteiger partial charge in [-0.05, 0) is 29.3 Å². The maximum absolute atomic E-state index is 12.2. The lowest BCUT2D eigenvalue weighted by Crippen LogP contribution is -2.48. The standard InChI is InChI=1S/C16H13N3O3/c1-19-15(22)18-14(21)16(19)5-11-3-10-2-9(8-20)7-17-13(10)4-12(11)6-16/h2-4,7-8H,5-6H2,1H3,(H,18,21,22)/t16-/m1/s1. The number of aromatic nitrogens is 1. The van der Waals surface area contributed by atoms with Gasteiger partial charge in [-0.1, -0.05) is 0 Å². The van der Waals surface area contributed by atoms with Crippen LogP contribution < -0.4 is 5.32 Å². The molecule has 1 aromatic heterocycles. The molecule has 4 rings (SSSR count). The zero-order valence-electron chi connectivity index (χ0n) is 11.9. The number of pyridine rings is 1. The van der Waals surface area contributed by atoms with Gasteiger partial charge in [0.15, 0.2) is 6.29 Å². The summed E-state index contributed by atoms with van der Waals surface area (Å²) in [4.78, 5) is 40.7. The van der Waals surface area contributed by atoms with Gasteiger partial charge in [0, 0.05) is 37.0 Å². The zero-order valence-corrected chi connectivity index (χ0v) is 11.9. The summed E-state index contributed by atoms with van der Waals surface area (Å²) in [7, 11) is 1.65. The SMILES string of the molecule is CN1C(=O)NC(=O)[C@]12Cc1cc3cc(C=O)cnc3cc1C2. The maximum Gasteiger partial charge on any atom is 0.324 e. The Morgan fingerprint density at radius 3 is 2.59 bits per heavy atom. The molecule has 1 N–H and O–H groups in total. The van der Waals surface area contributed by atoms with Gasteiger partial charge in [-0.3, -0.25) is 19.9 Å². The normalized spacial score (nSPS) is 23.2. The van der Waals surface area contributed by atoms with Gasteiger partial charge >= 0.3 is 6.03 Å². The number of aldehydes is 1. The molecule has 1 aliphatic carbocycles. The average molecular weight is 295 g/mol. The third kappa shape index (κ3) is 1.55. The van der Waals surface area contributed by atoms with Crippen molar-refractivity contribution in [3.8, 4) is 0 Å². The van der Waals surface area contributed by atoms with E-state index in [0.29, 0.717) is 18.4 Å². The summed E-state index contributed by atoms with van der Waals surface area (Å²) in [5.41, 5.74) is 2.52. The van der Waals surface area contributed by atoms with Gasteiger partial charge in [0.1, 0.15) is 5.54 Å². The first kappa shape index (κ1) is 12.9. The maximum atomic E-state index is 12.2. The smallest absolute Gasteiger partial charge is 0.312 e. The van der Waals surface area contributed by atoms with E-state index >= 15 is 0 Å². The van der Waals surface area contributed by atoms with Crippen LogP contribution in [0.2, 0.25) is 0 Å². The van der Waals surface area contributed by atoms with Crippen LogP contribution in [0.5, 0.6) is 0 Å². The first-order valence-electron chi connectivity index (χ1n) is 6.99. The number of fused-ring (bicyclic) bond motifs is 2. The van der Waals surface area contributed by atoms with Gasteiger partial charge in [-0.15, -0.1) is 0 Å². The van der Waals surface area contributed by atoms with Crippen LogP contribution in [0.25, 0.3) is 10.9 Å². The van der Waals surface area contributed by atoms with Crippen molar-refractivity contribution < 1.29 is 14.4 Å². The summed E-state index contributed by atoms with van der Waals surface area (Å²) < 4.78 is 0. The van der Waals surface area contributed by atoms with Gasteiger partial charge in [-0.25, -0.2) is 4.79 Å². The molecule has 22 heavy (non-hydrogen) atoms. The molecule has 1 aromatic carbocycles. The average Bonchev–Trinajstić information content (AvgIpc) is 2.98. The number of carbonyl (C=O) groups is 3. The Bertz CT molecular complexity index is 861. The highest BCUT2D eigenvalue weighted by Crippen LogP contribution is 2.38. The van der Waals surface area contributed by atoms with Crippen LogP contribution >= 0.6 is 0 Å². The van der Waals surface area contributed by atoms with Crippen molar-refractivity contribution in [1.29, 1.82) is 0 Å². The van der Waals surface area contributed by atoms with Gasteiger partial charge in [0.05, 0.1) is 5.52 Å². The number of nitrogens with zero attached hydrogens (tertiary/aromatic N) is 2. The number of nitrogens with one attached hydrogen (secondary N) is 1. The van der Waals surface area contributed by atoms with Gasteiger partial charge in [0.2, 0.25) is 0 Å². The van der Waals surface area contributed by atoms with Gasteiger partial charge < -0.3 is 4.90 Å². The van der Waals surface area contributed by atoms with E-state index < -0.39 is 5.54 Å². The second kappa shape index (κ2) is 4.13. The van der Waals surface area contributed by atoms with Crippen molar-refractivity contribution >= 4 is 29.1 Å². The molecular weight excluding hydrogens is 282 g/mol. The van der Waals surface area contributed by atoms with Crippen molar-refractivity contribution in [2.45, 2.75) is 18.4 Å². The van der Waals surface area contributed by atoms with Gasteiger partial charge in [0.25, 0.3) is 5.91 Å². The first-order valence-corrected chi connectivity index (χ1v) is 6.99. The molecule has 1 atom stereocenters. The number of hydrogen-bond donors (Lipinski definition) is 1. The molecule has 1 fully saturated rings. The highest BCUT2D eigenvalue weighted by atomic mass is 16.2. The van der Waals surface area contributed by atoms with E-state index in [4.69, 9.17) is 0 Å². The second-order valence-corrected chi connectivity index (χ2v) is 5.90. The highest BCUT2D eigenvalue weighted by molar-refractivity contribution is 6.08. The Balaban J connectivity index is 1.84. The number of benzene rings is 1. The summed E-state index contributed by atoms with van der Waals surface area (Å²) in [5, 5.41) is 3.25. The van der Waals surface area contributed by atoms with Crippen molar-refractivity contribution in [2.75, 3.05) is 7.05 Å². The van der Waals surface area contributed by atoms with Crippen LogP contribution in [0.4, 0.5) is 4.79 Å². The van der Waals surface area contributed by atoms with Crippen LogP contribution in [-0.2, 0) is 17.6 Å². The topological polar surface area (TPSA) is 79.4 Å². The Hall–Kier alpha value is -2.76. The molecule has 0 bridgehead atoms. The molecule has 2 heterocycles. The van der Waals surface area contributed by atoms with Gasteiger partial charge in [-0.2, -0.15) is 0 Å². The molecule has 2 aromatic rings. The Morgan fingerprint density at radius 1 is 1.23 bits per heavy atom. The molecule has 1 spiro atoms. The number of rotatable bonds is 1. The molecule has 0 unspecified atom stereocenters. The van der Waals surface area contributed by atoms with Crippen molar-refractivity contribution in [1.82, 2.24) is 15.2 Å². The van der Waals surface area contributed by atoms with E-state index in [0.717, 1.165) is 28.3 Å². The summed E-state index contributed by atoms with van der Waals surface area (Å²) in [6.45, 7) is 0. The minimum absolute atomic E-state index is 0.248. The van der Waals surface area contributed by atoms with E-state index in [-0.39, 0.29) is 11.9 Å². The molecule has 6 heteroatoms. The van der Waals surface area contributed by atoms with Crippen LogP contribution in [-0.4, -0.2) is 40.7 Å². The zero-order chi connectivity index (χ0) is 15.5. The fourth-order valence-electron chi connectivity index (χ4n) is 3.41. The van der Waals surface area contributed by atoms with Crippen molar-refractivity contribution in [3.63, 3.8) is 0 Å². The van der Waals surface area contributed by atoms with E-state index in [1.54, 1.807) is 13.1 Å². The molecule has 110 valence electrons. The number of imide groups is 1. The molecule has 2 aliphatic rings. The minimum Gasteiger partial charge on any atom is -0.312 e. The van der Waals surface area contributed by atoms with Crippen LogP contribution in [0.1, 0.15) is 21.5 Å². The first-order chi connectivity index (χ1) is 10.5. The summed E-state index contributed by atoms with van der Waals surface area (Å²) >= 11 is 0. The Labute approximate surface area is 126 Å². The van der Waals surface area contributed by atoms with E-state index in [9.17, 15) is 14.4 Å². The number of likely N-dealkylation sites (N-methyl/N-ethyl adjacent to an activating group) is 1. The summed E-state index contributed by atoms with van der Waals surface area (Å²) in [6, 6.07) is 5.33. The molecular formula is C16H13N3O3. The van der Waals surface area contributed by atoms with Crippen molar-refractivity contribution in [2.24, 2.45) is 0 Å². The van der Waals surface area contributed by atoms with E-state index in [1.165, 1.54) is 11.1 Å². The largest absolute Gasteiger partial charge is 0.324 e. The monoisotopic (exact) mass is 295 g/mol. The quantitative estimate of drug-likeness (QED) is 0.630. The summed E-state index contributed by atoms with van der Waals surface area (Å²) in [6.07, 6.45) is 3.27.